The highest BCUT2D eigenvalue weighted by molar-refractivity contribution is 5.90. The highest BCUT2D eigenvalue weighted by atomic mass is 16.6. The molecule has 6 heteroatoms. The first kappa shape index (κ1) is 22.2. The zero-order valence-electron chi connectivity index (χ0n) is 17.8. The van der Waals surface area contributed by atoms with Crippen molar-refractivity contribution in [3.8, 4) is 0 Å². The third kappa shape index (κ3) is 7.89. The summed E-state index contributed by atoms with van der Waals surface area (Å²) in [4.78, 5) is 28.1. The number of rotatable bonds is 7. The van der Waals surface area contributed by atoms with E-state index < -0.39 is 5.60 Å². The predicted octanol–water partition coefficient (Wildman–Crippen LogP) is 3.91. The summed E-state index contributed by atoms with van der Waals surface area (Å²) in [7, 11) is 0. The molecule has 0 atom stereocenters. The largest absolute Gasteiger partial charge is 0.444 e. The lowest BCUT2D eigenvalue weighted by molar-refractivity contribution is -0.116. The van der Waals surface area contributed by atoms with E-state index in [1.165, 1.54) is 5.56 Å². The first-order valence-electron chi connectivity index (χ1n) is 10.4. The quantitative estimate of drug-likeness (QED) is 0.768. The SMILES string of the molecule is CCCCC(=O)Nc1ccc(CCN2CCN(C(=O)OC(C)(C)C)CC2)cc1. The van der Waals surface area contributed by atoms with Crippen molar-refractivity contribution in [2.24, 2.45) is 0 Å². The van der Waals surface area contributed by atoms with Gasteiger partial charge in [-0.2, -0.15) is 0 Å². The molecule has 28 heavy (non-hydrogen) atoms. The molecule has 156 valence electrons. The topological polar surface area (TPSA) is 61.9 Å². The van der Waals surface area contributed by atoms with Crippen LogP contribution in [0.2, 0.25) is 0 Å². The highest BCUT2D eigenvalue weighted by Gasteiger charge is 2.25. The second-order valence-corrected chi connectivity index (χ2v) is 8.41. The van der Waals surface area contributed by atoms with Crippen LogP contribution >= 0.6 is 0 Å². The second kappa shape index (κ2) is 10.5. The summed E-state index contributed by atoms with van der Waals surface area (Å²) < 4.78 is 5.44. The van der Waals surface area contributed by atoms with Crippen LogP contribution < -0.4 is 5.32 Å². The molecule has 2 amide bonds. The molecule has 1 aromatic carbocycles. The van der Waals surface area contributed by atoms with E-state index in [9.17, 15) is 9.59 Å². The maximum Gasteiger partial charge on any atom is 0.410 e. The Morgan fingerprint density at radius 3 is 2.29 bits per heavy atom. The number of benzene rings is 1. The first-order chi connectivity index (χ1) is 13.3. The lowest BCUT2D eigenvalue weighted by Crippen LogP contribution is -2.50. The van der Waals surface area contributed by atoms with Crippen molar-refractivity contribution in [2.75, 3.05) is 38.0 Å². The number of nitrogens with one attached hydrogen (secondary N) is 1. The third-order valence-electron chi connectivity index (χ3n) is 4.74. The molecule has 0 spiro atoms. The Bertz CT molecular complexity index is 629. The fourth-order valence-corrected chi connectivity index (χ4v) is 3.08. The smallest absolute Gasteiger partial charge is 0.410 e. The molecule has 1 aliphatic rings. The molecule has 0 radical (unpaired) electrons. The number of carbonyl (C=O) groups is 2. The summed E-state index contributed by atoms with van der Waals surface area (Å²) >= 11 is 0. The molecule has 1 heterocycles. The summed E-state index contributed by atoms with van der Waals surface area (Å²) in [6, 6.07) is 8.10. The van der Waals surface area contributed by atoms with E-state index in [0.29, 0.717) is 19.5 Å². The monoisotopic (exact) mass is 389 g/mol. The Kier molecular flexibility index (Phi) is 8.30. The fourth-order valence-electron chi connectivity index (χ4n) is 3.08. The number of ether oxygens (including phenoxy) is 1. The molecule has 1 aliphatic heterocycles. The number of unbranched alkanes of at least 4 members (excludes halogenated alkanes) is 1. The molecule has 1 N–H and O–H groups in total. The van der Waals surface area contributed by atoms with Gasteiger partial charge < -0.3 is 15.0 Å². The molecule has 0 aliphatic carbocycles. The average Bonchev–Trinajstić information content (AvgIpc) is 2.65. The lowest BCUT2D eigenvalue weighted by Gasteiger charge is -2.35. The minimum absolute atomic E-state index is 0.0810. The molecule has 1 fully saturated rings. The van der Waals surface area contributed by atoms with Gasteiger partial charge in [-0.05, 0) is 51.3 Å². The Hall–Kier alpha value is -2.08. The van der Waals surface area contributed by atoms with Crippen LogP contribution in [0.4, 0.5) is 10.5 Å². The molecule has 0 saturated carbocycles. The Morgan fingerprint density at radius 2 is 1.71 bits per heavy atom. The molecule has 2 rings (SSSR count). The summed E-state index contributed by atoms with van der Waals surface area (Å²) in [5.74, 6) is 0.0810. The van der Waals surface area contributed by atoms with Gasteiger partial charge in [0.25, 0.3) is 0 Å². The van der Waals surface area contributed by atoms with Crippen molar-refractivity contribution in [3.63, 3.8) is 0 Å². The normalized spacial score (nSPS) is 15.4. The number of nitrogens with zero attached hydrogens (tertiary/aromatic N) is 2. The van der Waals surface area contributed by atoms with Crippen LogP contribution in [0.25, 0.3) is 0 Å². The van der Waals surface area contributed by atoms with Crippen LogP contribution in [0.5, 0.6) is 0 Å². The van der Waals surface area contributed by atoms with Gasteiger partial charge in [0.05, 0.1) is 0 Å². The van der Waals surface area contributed by atoms with Gasteiger partial charge in [0.1, 0.15) is 5.60 Å². The third-order valence-corrected chi connectivity index (χ3v) is 4.74. The number of amides is 2. The summed E-state index contributed by atoms with van der Waals surface area (Å²) in [6.45, 7) is 11.9. The van der Waals surface area contributed by atoms with Gasteiger partial charge in [0.2, 0.25) is 5.91 Å². The van der Waals surface area contributed by atoms with Gasteiger partial charge in [-0.15, -0.1) is 0 Å². The van der Waals surface area contributed by atoms with Crippen molar-refractivity contribution < 1.29 is 14.3 Å². The molecule has 0 bridgehead atoms. The van der Waals surface area contributed by atoms with Gasteiger partial charge in [-0.1, -0.05) is 25.5 Å². The molecular weight excluding hydrogens is 354 g/mol. The van der Waals surface area contributed by atoms with Crippen LogP contribution in [-0.4, -0.2) is 60.1 Å². The van der Waals surface area contributed by atoms with Crippen LogP contribution in [0.3, 0.4) is 0 Å². The molecule has 0 aromatic heterocycles. The van der Waals surface area contributed by atoms with Crippen molar-refractivity contribution in [3.05, 3.63) is 29.8 Å². The number of hydrogen-bond acceptors (Lipinski definition) is 4. The first-order valence-corrected chi connectivity index (χ1v) is 10.4. The van der Waals surface area contributed by atoms with Crippen molar-refractivity contribution in [2.45, 2.75) is 59.0 Å². The van der Waals surface area contributed by atoms with E-state index in [1.54, 1.807) is 4.90 Å². The number of carbonyl (C=O) groups excluding carboxylic acids is 2. The van der Waals surface area contributed by atoms with Crippen LogP contribution in [-0.2, 0) is 16.0 Å². The maximum absolute atomic E-state index is 12.1. The average molecular weight is 390 g/mol. The molecular formula is C22H35N3O3. The second-order valence-electron chi connectivity index (χ2n) is 8.41. The molecule has 1 aromatic rings. The van der Waals surface area contributed by atoms with Gasteiger partial charge in [-0.3, -0.25) is 9.69 Å². The Morgan fingerprint density at radius 1 is 1.07 bits per heavy atom. The lowest BCUT2D eigenvalue weighted by atomic mass is 10.1. The Labute approximate surface area is 169 Å². The predicted molar refractivity (Wildman–Crippen MR) is 113 cm³/mol. The van der Waals surface area contributed by atoms with E-state index in [1.807, 2.05) is 32.9 Å². The van der Waals surface area contributed by atoms with Crippen LogP contribution in [0.1, 0.15) is 52.5 Å². The number of anilines is 1. The summed E-state index contributed by atoms with van der Waals surface area (Å²) in [5, 5.41) is 2.94. The maximum atomic E-state index is 12.1. The minimum atomic E-state index is -0.449. The molecule has 1 saturated heterocycles. The van der Waals surface area contributed by atoms with Crippen LogP contribution in [0.15, 0.2) is 24.3 Å². The summed E-state index contributed by atoms with van der Waals surface area (Å²) in [5.41, 5.74) is 1.66. The fraction of sp³-hybridized carbons (Fsp3) is 0.636. The van der Waals surface area contributed by atoms with Crippen molar-refractivity contribution >= 4 is 17.7 Å². The van der Waals surface area contributed by atoms with Gasteiger partial charge in [0, 0.05) is 44.8 Å². The van der Waals surface area contributed by atoms with Gasteiger partial charge >= 0.3 is 6.09 Å². The van der Waals surface area contributed by atoms with E-state index >= 15 is 0 Å². The standard InChI is InChI=1S/C22H35N3O3/c1-5-6-7-20(26)23-19-10-8-18(9-11-19)12-13-24-14-16-25(17-15-24)21(27)28-22(2,3)4/h8-11H,5-7,12-17H2,1-4H3,(H,23,26). The van der Waals surface area contributed by atoms with Crippen molar-refractivity contribution in [1.29, 1.82) is 0 Å². The van der Waals surface area contributed by atoms with E-state index in [2.05, 4.69) is 29.3 Å². The molecule has 6 nitrogen and oxygen atoms in total. The number of hydrogen-bond donors (Lipinski definition) is 1. The molecule has 0 unspecified atom stereocenters. The van der Waals surface area contributed by atoms with Gasteiger partial charge in [-0.25, -0.2) is 4.79 Å². The van der Waals surface area contributed by atoms with E-state index in [0.717, 1.165) is 44.6 Å². The highest BCUT2D eigenvalue weighted by Crippen LogP contribution is 2.14. The van der Waals surface area contributed by atoms with Crippen LogP contribution in [0, 0.1) is 0 Å². The zero-order valence-corrected chi connectivity index (χ0v) is 17.8. The van der Waals surface area contributed by atoms with E-state index in [4.69, 9.17) is 4.74 Å². The number of piperazine rings is 1. The van der Waals surface area contributed by atoms with Crippen molar-refractivity contribution in [1.82, 2.24) is 9.80 Å². The van der Waals surface area contributed by atoms with E-state index in [-0.39, 0.29) is 12.0 Å². The minimum Gasteiger partial charge on any atom is -0.444 e. The zero-order chi connectivity index (χ0) is 20.6. The van der Waals surface area contributed by atoms with Gasteiger partial charge in [0.15, 0.2) is 0 Å². The Balaban J connectivity index is 1.71. The summed E-state index contributed by atoms with van der Waals surface area (Å²) in [6.07, 6.45) is 3.26.